The van der Waals surface area contributed by atoms with Crippen molar-refractivity contribution in [3.05, 3.63) is 51.0 Å². The number of anilines is 1. The number of methoxy groups -OCH3 is 2. The number of rotatable bonds is 5. The first-order chi connectivity index (χ1) is 10.1. The van der Waals surface area contributed by atoms with E-state index in [1.54, 1.807) is 14.2 Å². The van der Waals surface area contributed by atoms with Crippen LogP contribution in [0, 0.1) is 6.92 Å². The monoisotopic (exact) mass is 369 g/mol. The van der Waals surface area contributed by atoms with Crippen LogP contribution in [-0.2, 0) is 6.54 Å². The lowest BCUT2D eigenvalue weighted by Crippen LogP contribution is -2.03. The van der Waals surface area contributed by atoms with E-state index in [0.717, 1.165) is 21.3 Å². The number of aryl methyl sites for hydroxylation is 1. The number of halogens is 2. The molecule has 1 N–H and O–H groups in total. The maximum atomic E-state index is 6.22. The molecule has 0 amide bonds. The van der Waals surface area contributed by atoms with E-state index in [9.17, 15) is 0 Å². The van der Waals surface area contributed by atoms with E-state index in [2.05, 4.69) is 21.2 Å². The van der Waals surface area contributed by atoms with Crippen molar-refractivity contribution in [1.29, 1.82) is 0 Å². The number of para-hydroxylation sites is 1. The summed E-state index contributed by atoms with van der Waals surface area (Å²) in [6, 6.07) is 9.69. The lowest BCUT2D eigenvalue weighted by Gasteiger charge is -2.15. The second-order valence-electron chi connectivity index (χ2n) is 4.58. The van der Waals surface area contributed by atoms with Crippen LogP contribution in [0.1, 0.15) is 11.1 Å². The van der Waals surface area contributed by atoms with E-state index < -0.39 is 0 Å². The van der Waals surface area contributed by atoms with Gasteiger partial charge in [0.1, 0.15) is 0 Å². The van der Waals surface area contributed by atoms with Crippen molar-refractivity contribution in [2.75, 3.05) is 19.5 Å². The van der Waals surface area contributed by atoms with Crippen LogP contribution in [0.5, 0.6) is 11.5 Å². The van der Waals surface area contributed by atoms with Gasteiger partial charge in [0.2, 0.25) is 0 Å². The predicted octanol–water partition coefficient (Wildman–Crippen LogP) is 5.04. The summed E-state index contributed by atoms with van der Waals surface area (Å²) in [5.41, 5.74) is 3.12. The van der Waals surface area contributed by atoms with Crippen molar-refractivity contribution in [3.63, 3.8) is 0 Å². The fourth-order valence-corrected chi connectivity index (χ4v) is 2.82. The summed E-state index contributed by atoms with van der Waals surface area (Å²) in [7, 11) is 3.25. The maximum absolute atomic E-state index is 6.22. The Morgan fingerprint density at radius 1 is 1.14 bits per heavy atom. The van der Waals surface area contributed by atoms with Crippen LogP contribution >= 0.6 is 27.5 Å². The number of ether oxygens (including phenoxy) is 2. The molecule has 0 saturated heterocycles. The highest BCUT2D eigenvalue weighted by Gasteiger charge is 2.10. The van der Waals surface area contributed by atoms with E-state index in [1.807, 2.05) is 37.3 Å². The van der Waals surface area contributed by atoms with Crippen molar-refractivity contribution >= 4 is 33.2 Å². The van der Waals surface area contributed by atoms with Gasteiger partial charge in [0.25, 0.3) is 0 Å². The van der Waals surface area contributed by atoms with Gasteiger partial charge in [0.15, 0.2) is 11.5 Å². The molecule has 3 nitrogen and oxygen atoms in total. The van der Waals surface area contributed by atoms with Gasteiger partial charge >= 0.3 is 0 Å². The second kappa shape index (κ2) is 7.05. The quantitative estimate of drug-likeness (QED) is 0.800. The number of hydrogen-bond acceptors (Lipinski definition) is 3. The van der Waals surface area contributed by atoms with Gasteiger partial charge < -0.3 is 14.8 Å². The average molecular weight is 371 g/mol. The molecule has 0 unspecified atom stereocenters. The van der Waals surface area contributed by atoms with Gasteiger partial charge in [-0.05, 0) is 36.2 Å². The summed E-state index contributed by atoms with van der Waals surface area (Å²) in [6.07, 6.45) is 0. The Morgan fingerprint density at radius 3 is 2.43 bits per heavy atom. The van der Waals surface area contributed by atoms with Gasteiger partial charge in [0, 0.05) is 11.0 Å². The summed E-state index contributed by atoms with van der Waals surface area (Å²) < 4.78 is 11.6. The van der Waals surface area contributed by atoms with E-state index in [0.29, 0.717) is 23.1 Å². The molecule has 0 radical (unpaired) electrons. The highest BCUT2D eigenvalue weighted by atomic mass is 79.9. The summed E-state index contributed by atoms with van der Waals surface area (Å²) in [5, 5.41) is 4.08. The predicted molar refractivity (Wildman–Crippen MR) is 90.8 cm³/mol. The molecule has 0 saturated carbocycles. The lowest BCUT2D eigenvalue weighted by molar-refractivity contribution is 0.354. The average Bonchev–Trinajstić information content (AvgIpc) is 2.47. The minimum atomic E-state index is 0.630. The SMILES string of the molecule is COc1cc(Br)c(CNc2c(C)cccc2Cl)cc1OC. The normalized spacial score (nSPS) is 10.3. The highest BCUT2D eigenvalue weighted by molar-refractivity contribution is 9.10. The van der Waals surface area contributed by atoms with Crippen LogP contribution < -0.4 is 14.8 Å². The third kappa shape index (κ3) is 3.63. The first-order valence-electron chi connectivity index (χ1n) is 6.46. The summed E-state index contributed by atoms with van der Waals surface area (Å²) in [6.45, 7) is 2.66. The third-order valence-corrected chi connectivity index (χ3v) is 4.28. The zero-order valence-corrected chi connectivity index (χ0v) is 14.5. The number of benzene rings is 2. The van der Waals surface area contributed by atoms with Crippen LogP contribution in [0.2, 0.25) is 5.02 Å². The van der Waals surface area contributed by atoms with Crippen molar-refractivity contribution in [1.82, 2.24) is 0 Å². The molecule has 0 aliphatic carbocycles. The highest BCUT2D eigenvalue weighted by Crippen LogP contribution is 2.34. The number of hydrogen-bond donors (Lipinski definition) is 1. The molecule has 0 spiro atoms. The fraction of sp³-hybridized carbons (Fsp3) is 0.250. The molecular weight excluding hydrogens is 354 g/mol. The van der Waals surface area contributed by atoms with Crippen LogP contribution in [0.3, 0.4) is 0 Å². The standard InChI is InChI=1S/C16H17BrClNO2/c1-10-5-4-6-13(18)16(10)19-9-11-7-14(20-2)15(21-3)8-12(11)17/h4-8,19H,9H2,1-3H3. The Labute approximate surface area is 138 Å². The first kappa shape index (κ1) is 16.0. The molecule has 0 atom stereocenters. The molecule has 0 aliphatic rings. The van der Waals surface area contributed by atoms with E-state index in [-0.39, 0.29) is 0 Å². The smallest absolute Gasteiger partial charge is 0.161 e. The molecule has 5 heteroatoms. The molecule has 0 heterocycles. The number of nitrogens with one attached hydrogen (secondary N) is 1. The topological polar surface area (TPSA) is 30.5 Å². The van der Waals surface area contributed by atoms with Gasteiger partial charge in [-0.2, -0.15) is 0 Å². The van der Waals surface area contributed by atoms with Crippen LogP contribution in [0.25, 0.3) is 0 Å². The zero-order valence-electron chi connectivity index (χ0n) is 12.2. The van der Waals surface area contributed by atoms with Crippen LogP contribution in [0.15, 0.2) is 34.8 Å². The Hall–Kier alpha value is -1.39. The largest absolute Gasteiger partial charge is 0.493 e. The van der Waals surface area contributed by atoms with E-state index in [4.69, 9.17) is 21.1 Å². The Morgan fingerprint density at radius 2 is 1.81 bits per heavy atom. The van der Waals surface area contributed by atoms with Crippen molar-refractivity contribution in [3.8, 4) is 11.5 Å². The zero-order chi connectivity index (χ0) is 15.4. The second-order valence-corrected chi connectivity index (χ2v) is 5.85. The van der Waals surface area contributed by atoms with Gasteiger partial charge in [0.05, 0.1) is 24.9 Å². The molecule has 2 aromatic rings. The first-order valence-corrected chi connectivity index (χ1v) is 7.63. The van der Waals surface area contributed by atoms with E-state index in [1.165, 1.54) is 0 Å². The molecular formula is C16H17BrClNO2. The Bertz CT molecular complexity index is 626. The summed E-state index contributed by atoms with van der Waals surface area (Å²) in [4.78, 5) is 0. The molecule has 0 aliphatic heterocycles. The summed E-state index contributed by atoms with van der Waals surface area (Å²) in [5.74, 6) is 1.40. The molecule has 0 fully saturated rings. The molecule has 0 bridgehead atoms. The Kier molecular flexibility index (Phi) is 5.37. The minimum absolute atomic E-state index is 0.630. The molecule has 21 heavy (non-hydrogen) atoms. The van der Waals surface area contributed by atoms with Crippen molar-refractivity contribution < 1.29 is 9.47 Å². The molecule has 0 aromatic heterocycles. The third-order valence-electron chi connectivity index (χ3n) is 3.23. The van der Waals surface area contributed by atoms with Crippen molar-refractivity contribution in [2.24, 2.45) is 0 Å². The van der Waals surface area contributed by atoms with Gasteiger partial charge in [-0.15, -0.1) is 0 Å². The fourth-order valence-electron chi connectivity index (χ4n) is 2.07. The van der Waals surface area contributed by atoms with Gasteiger partial charge in [-0.1, -0.05) is 39.7 Å². The summed E-state index contributed by atoms with van der Waals surface area (Å²) >= 11 is 9.78. The van der Waals surface area contributed by atoms with Crippen LogP contribution in [0.4, 0.5) is 5.69 Å². The molecule has 2 rings (SSSR count). The van der Waals surface area contributed by atoms with Crippen molar-refractivity contribution in [2.45, 2.75) is 13.5 Å². The van der Waals surface area contributed by atoms with Crippen LogP contribution in [-0.4, -0.2) is 14.2 Å². The Balaban J connectivity index is 2.24. The lowest BCUT2D eigenvalue weighted by atomic mass is 10.1. The van der Waals surface area contributed by atoms with Gasteiger partial charge in [-0.25, -0.2) is 0 Å². The van der Waals surface area contributed by atoms with Gasteiger partial charge in [-0.3, -0.25) is 0 Å². The molecule has 2 aromatic carbocycles. The molecule has 112 valence electrons. The minimum Gasteiger partial charge on any atom is -0.493 e. The van der Waals surface area contributed by atoms with E-state index >= 15 is 0 Å². The maximum Gasteiger partial charge on any atom is 0.161 e.